The number of urea groups is 1. The van der Waals surface area contributed by atoms with Gasteiger partial charge in [-0.1, -0.05) is 0 Å². The van der Waals surface area contributed by atoms with Gasteiger partial charge in [0.2, 0.25) is 5.91 Å². The van der Waals surface area contributed by atoms with Crippen LogP contribution in [0.1, 0.15) is 18.7 Å². The van der Waals surface area contributed by atoms with Gasteiger partial charge in [-0.15, -0.1) is 0 Å². The molecule has 1 heterocycles. The lowest BCUT2D eigenvalue weighted by molar-refractivity contribution is -0.139. The number of carbonyl (C=O) groups is 3. The molecule has 1 unspecified atom stereocenters. The molecule has 0 saturated heterocycles. The topological polar surface area (TPSA) is 150 Å². The third-order valence-corrected chi connectivity index (χ3v) is 2.25. The first kappa shape index (κ1) is 14.5. The monoisotopic (exact) mass is 269 g/mol. The maximum atomic E-state index is 11.5. The van der Waals surface area contributed by atoms with Gasteiger partial charge in [-0.3, -0.25) is 4.79 Å². The molecule has 0 fully saturated rings. The van der Waals surface area contributed by atoms with Gasteiger partial charge < -0.3 is 26.5 Å². The number of aliphatic carboxylic acids is 1. The summed E-state index contributed by atoms with van der Waals surface area (Å²) < 4.78 is 0. The smallest absolute Gasteiger partial charge is 0.326 e. The standard InChI is InChI=1S/C10H15N5O4/c11-7(16)2-1-6(9(17)18)15-10(19)14-5-8-12-3-4-13-8/h3-4,6H,1-2,5H2,(H2,11,16)(H,12,13)(H,17,18)(H2,14,15,19). The van der Waals surface area contributed by atoms with Gasteiger partial charge in [-0.2, -0.15) is 0 Å². The Labute approximate surface area is 108 Å². The molecule has 0 aliphatic carbocycles. The molecule has 1 rings (SSSR count). The minimum Gasteiger partial charge on any atom is -0.480 e. The molecular weight excluding hydrogens is 254 g/mol. The highest BCUT2D eigenvalue weighted by Gasteiger charge is 2.20. The lowest BCUT2D eigenvalue weighted by atomic mass is 10.1. The van der Waals surface area contributed by atoms with Gasteiger partial charge in [0.05, 0.1) is 6.54 Å². The first-order chi connectivity index (χ1) is 8.99. The molecule has 3 amide bonds. The molecule has 1 atom stereocenters. The fourth-order valence-corrected chi connectivity index (χ4v) is 1.31. The highest BCUT2D eigenvalue weighted by molar-refractivity contribution is 5.83. The van der Waals surface area contributed by atoms with Crippen molar-refractivity contribution in [3.05, 3.63) is 18.2 Å². The van der Waals surface area contributed by atoms with Crippen LogP contribution in [-0.2, 0) is 16.1 Å². The summed E-state index contributed by atoms with van der Waals surface area (Å²) in [5, 5.41) is 13.5. The number of carbonyl (C=O) groups excluding carboxylic acids is 2. The summed E-state index contributed by atoms with van der Waals surface area (Å²) in [7, 11) is 0. The normalized spacial score (nSPS) is 11.6. The van der Waals surface area contributed by atoms with E-state index in [-0.39, 0.29) is 19.4 Å². The number of hydrogen-bond donors (Lipinski definition) is 5. The highest BCUT2D eigenvalue weighted by atomic mass is 16.4. The number of rotatable bonds is 7. The van der Waals surface area contributed by atoms with E-state index in [2.05, 4.69) is 20.6 Å². The van der Waals surface area contributed by atoms with E-state index in [1.54, 1.807) is 6.20 Å². The number of hydrogen-bond acceptors (Lipinski definition) is 4. The van der Waals surface area contributed by atoms with Crippen molar-refractivity contribution in [1.29, 1.82) is 0 Å². The van der Waals surface area contributed by atoms with E-state index in [0.717, 1.165) is 0 Å². The van der Waals surface area contributed by atoms with Gasteiger partial charge in [0.1, 0.15) is 11.9 Å². The van der Waals surface area contributed by atoms with E-state index >= 15 is 0 Å². The molecule has 0 aliphatic heterocycles. The summed E-state index contributed by atoms with van der Waals surface area (Å²) in [6.07, 6.45) is 2.96. The van der Waals surface area contributed by atoms with Crippen LogP contribution in [0.25, 0.3) is 0 Å². The first-order valence-electron chi connectivity index (χ1n) is 5.52. The van der Waals surface area contributed by atoms with Gasteiger partial charge >= 0.3 is 12.0 Å². The van der Waals surface area contributed by atoms with Crippen molar-refractivity contribution in [2.45, 2.75) is 25.4 Å². The molecule has 0 bridgehead atoms. The summed E-state index contributed by atoms with van der Waals surface area (Å²) in [5.74, 6) is -1.31. The predicted molar refractivity (Wildman–Crippen MR) is 63.8 cm³/mol. The Bertz CT molecular complexity index is 445. The molecule has 0 radical (unpaired) electrons. The SMILES string of the molecule is NC(=O)CCC(NC(=O)NCc1ncc[nH]1)C(=O)O. The summed E-state index contributed by atoms with van der Waals surface area (Å²) >= 11 is 0. The average Bonchev–Trinajstić information content (AvgIpc) is 2.84. The molecule has 1 aromatic heterocycles. The zero-order chi connectivity index (χ0) is 14.3. The Morgan fingerprint density at radius 1 is 1.47 bits per heavy atom. The van der Waals surface area contributed by atoms with Crippen molar-refractivity contribution >= 4 is 17.9 Å². The fraction of sp³-hybridized carbons (Fsp3) is 0.400. The van der Waals surface area contributed by atoms with Crippen molar-refractivity contribution in [1.82, 2.24) is 20.6 Å². The Kier molecular flexibility index (Phi) is 5.33. The van der Waals surface area contributed by atoms with Crippen LogP contribution < -0.4 is 16.4 Å². The molecule has 6 N–H and O–H groups in total. The molecule has 9 nitrogen and oxygen atoms in total. The molecule has 0 saturated carbocycles. The Balaban J connectivity index is 2.38. The number of aromatic nitrogens is 2. The largest absolute Gasteiger partial charge is 0.480 e. The third-order valence-electron chi connectivity index (χ3n) is 2.25. The number of carboxylic acid groups (broad SMARTS) is 1. The number of carboxylic acids is 1. The van der Waals surface area contributed by atoms with Crippen molar-refractivity contribution in [3.8, 4) is 0 Å². The minimum atomic E-state index is -1.23. The van der Waals surface area contributed by atoms with Crippen LogP contribution in [0.3, 0.4) is 0 Å². The Morgan fingerprint density at radius 3 is 2.74 bits per heavy atom. The van der Waals surface area contributed by atoms with E-state index in [1.165, 1.54) is 6.20 Å². The van der Waals surface area contributed by atoms with Crippen LogP contribution in [0.5, 0.6) is 0 Å². The molecule has 9 heteroatoms. The zero-order valence-corrected chi connectivity index (χ0v) is 10.0. The molecule has 104 valence electrons. The quantitative estimate of drug-likeness (QED) is 0.427. The Morgan fingerprint density at radius 2 is 2.21 bits per heavy atom. The second-order valence-corrected chi connectivity index (χ2v) is 3.76. The number of primary amides is 1. The fourth-order valence-electron chi connectivity index (χ4n) is 1.31. The predicted octanol–water partition coefficient (Wildman–Crippen LogP) is -1.07. The molecular formula is C10H15N5O4. The lowest BCUT2D eigenvalue weighted by Crippen LogP contribution is -2.46. The number of nitrogens with one attached hydrogen (secondary N) is 3. The van der Waals surface area contributed by atoms with Gasteiger partial charge in [-0.05, 0) is 6.42 Å². The molecule has 0 aromatic carbocycles. The van der Waals surface area contributed by atoms with Crippen LogP contribution >= 0.6 is 0 Å². The van der Waals surface area contributed by atoms with Gasteiger partial charge in [0, 0.05) is 18.8 Å². The van der Waals surface area contributed by atoms with Crippen LogP contribution in [-0.4, -0.2) is 39.0 Å². The minimum absolute atomic E-state index is 0.0567. The van der Waals surface area contributed by atoms with Gasteiger partial charge in [-0.25, -0.2) is 14.6 Å². The second kappa shape index (κ2) is 6.99. The summed E-state index contributed by atoms with van der Waals surface area (Å²) in [5.41, 5.74) is 4.92. The lowest BCUT2D eigenvalue weighted by Gasteiger charge is -2.13. The molecule has 0 aliphatic rings. The highest BCUT2D eigenvalue weighted by Crippen LogP contribution is 1.97. The summed E-state index contributed by atoms with van der Waals surface area (Å²) in [6, 6.07) is -1.82. The van der Waals surface area contributed by atoms with E-state index in [0.29, 0.717) is 5.82 Å². The van der Waals surface area contributed by atoms with E-state index in [4.69, 9.17) is 10.8 Å². The van der Waals surface area contributed by atoms with Crippen molar-refractivity contribution in [3.63, 3.8) is 0 Å². The molecule has 1 aromatic rings. The number of aromatic amines is 1. The maximum absolute atomic E-state index is 11.5. The van der Waals surface area contributed by atoms with E-state index < -0.39 is 23.9 Å². The second-order valence-electron chi connectivity index (χ2n) is 3.76. The van der Waals surface area contributed by atoms with E-state index in [1.807, 2.05) is 0 Å². The first-order valence-corrected chi connectivity index (χ1v) is 5.52. The average molecular weight is 269 g/mol. The third kappa shape index (κ3) is 5.52. The number of nitrogens with two attached hydrogens (primary N) is 1. The summed E-state index contributed by atoms with van der Waals surface area (Å²) in [6.45, 7) is 0.140. The van der Waals surface area contributed by atoms with Crippen LogP contribution in [0, 0.1) is 0 Å². The number of amides is 3. The van der Waals surface area contributed by atoms with Crippen LogP contribution in [0.4, 0.5) is 4.79 Å². The molecule has 0 spiro atoms. The Hall–Kier alpha value is -2.58. The van der Waals surface area contributed by atoms with E-state index in [9.17, 15) is 14.4 Å². The van der Waals surface area contributed by atoms with Crippen LogP contribution in [0.2, 0.25) is 0 Å². The zero-order valence-electron chi connectivity index (χ0n) is 10.0. The van der Waals surface area contributed by atoms with Crippen molar-refractivity contribution in [2.75, 3.05) is 0 Å². The summed E-state index contributed by atoms with van der Waals surface area (Å²) in [4.78, 5) is 39.6. The van der Waals surface area contributed by atoms with Crippen molar-refractivity contribution in [2.24, 2.45) is 5.73 Å². The molecule has 19 heavy (non-hydrogen) atoms. The van der Waals surface area contributed by atoms with Gasteiger partial charge in [0.15, 0.2) is 0 Å². The van der Waals surface area contributed by atoms with Gasteiger partial charge in [0.25, 0.3) is 0 Å². The van der Waals surface area contributed by atoms with Crippen molar-refractivity contribution < 1.29 is 19.5 Å². The maximum Gasteiger partial charge on any atom is 0.326 e. The number of imidazole rings is 1. The number of nitrogens with zero attached hydrogens (tertiary/aromatic N) is 1. The number of H-pyrrole nitrogens is 1. The van der Waals surface area contributed by atoms with Crippen LogP contribution in [0.15, 0.2) is 12.4 Å².